The first-order valence-electron chi connectivity index (χ1n) is 8.08. The predicted molar refractivity (Wildman–Crippen MR) is 99.3 cm³/mol. The zero-order valence-corrected chi connectivity index (χ0v) is 14.4. The largest absolute Gasteiger partial charge is 0.467 e. The third-order valence-electron chi connectivity index (χ3n) is 3.85. The second-order valence-corrected chi connectivity index (χ2v) is 6.55. The first kappa shape index (κ1) is 15.7. The molecule has 0 fully saturated rings. The summed E-state index contributed by atoms with van der Waals surface area (Å²) in [6.45, 7) is 0.612. The molecule has 0 atom stereocenters. The predicted octanol–water partition coefficient (Wildman–Crippen LogP) is 4.88. The van der Waals surface area contributed by atoms with E-state index in [9.17, 15) is 0 Å². The summed E-state index contributed by atoms with van der Waals surface area (Å²) >= 11 is 1.69. The van der Waals surface area contributed by atoms with Gasteiger partial charge < -0.3 is 4.42 Å². The van der Waals surface area contributed by atoms with E-state index in [0.29, 0.717) is 6.54 Å². The van der Waals surface area contributed by atoms with Gasteiger partial charge in [0.25, 0.3) is 0 Å². The molecule has 0 amide bonds. The Hall–Kier alpha value is -2.79. The van der Waals surface area contributed by atoms with Gasteiger partial charge in [-0.2, -0.15) is 0 Å². The molecule has 0 saturated carbocycles. The van der Waals surface area contributed by atoms with Crippen molar-refractivity contribution >= 4 is 11.8 Å². The van der Waals surface area contributed by atoms with Gasteiger partial charge in [0.2, 0.25) is 0 Å². The summed E-state index contributed by atoms with van der Waals surface area (Å²) in [5, 5.41) is 9.74. The monoisotopic (exact) mass is 347 g/mol. The fourth-order valence-electron chi connectivity index (χ4n) is 2.62. The summed E-state index contributed by atoms with van der Waals surface area (Å²) in [6, 6.07) is 24.4. The molecular weight excluding hydrogens is 330 g/mol. The van der Waals surface area contributed by atoms with Gasteiger partial charge in [-0.1, -0.05) is 72.4 Å². The standard InChI is InChI=1S/C20H17N3OS/c1-3-8-16(9-4-1)15-25-20-22-21-19(17-10-5-2-6-11-17)23(20)14-18-12-7-13-24-18/h1-13H,14-15H2. The summed E-state index contributed by atoms with van der Waals surface area (Å²) in [7, 11) is 0. The number of hydrogen-bond donors (Lipinski definition) is 0. The molecule has 124 valence electrons. The second kappa shape index (κ2) is 7.40. The van der Waals surface area contributed by atoms with Crippen molar-refractivity contribution in [3.05, 3.63) is 90.4 Å². The molecule has 0 radical (unpaired) electrons. The lowest BCUT2D eigenvalue weighted by Gasteiger charge is -2.09. The smallest absolute Gasteiger partial charge is 0.192 e. The van der Waals surface area contributed by atoms with Gasteiger partial charge >= 0.3 is 0 Å². The molecule has 4 nitrogen and oxygen atoms in total. The van der Waals surface area contributed by atoms with Crippen LogP contribution in [0.2, 0.25) is 0 Å². The van der Waals surface area contributed by atoms with Crippen LogP contribution in [-0.4, -0.2) is 14.8 Å². The highest BCUT2D eigenvalue weighted by molar-refractivity contribution is 7.98. The molecule has 0 aliphatic rings. The van der Waals surface area contributed by atoms with Crippen molar-refractivity contribution < 1.29 is 4.42 Å². The van der Waals surface area contributed by atoms with E-state index >= 15 is 0 Å². The molecule has 0 aliphatic carbocycles. The minimum atomic E-state index is 0.612. The molecule has 25 heavy (non-hydrogen) atoms. The van der Waals surface area contributed by atoms with E-state index in [1.165, 1.54) is 5.56 Å². The zero-order valence-electron chi connectivity index (χ0n) is 13.6. The van der Waals surface area contributed by atoms with Crippen molar-refractivity contribution in [3.8, 4) is 11.4 Å². The summed E-state index contributed by atoms with van der Waals surface area (Å²) in [5.41, 5.74) is 2.31. The van der Waals surface area contributed by atoms with Crippen LogP contribution in [0.5, 0.6) is 0 Å². The summed E-state index contributed by atoms with van der Waals surface area (Å²) < 4.78 is 7.64. The van der Waals surface area contributed by atoms with Crippen molar-refractivity contribution in [2.24, 2.45) is 0 Å². The highest BCUT2D eigenvalue weighted by Crippen LogP contribution is 2.27. The molecule has 0 spiro atoms. The third-order valence-corrected chi connectivity index (χ3v) is 4.89. The number of aromatic nitrogens is 3. The highest BCUT2D eigenvalue weighted by Gasteiger charge is 2.15. The Morgan fingerprint density at radius 2 is 1.60 bits per heavy atom. The Bertz CT molecular complexity index is 918. The van der Waals surface area contributed by atoms with Crippen molar-refractivity contribution in [2.45, 2.75) is 17.5 Å². The van der Waals surface area contributed by atoms with Crippen molar-refractivity contribution in [1.29, 1.82) is 0 Å². The molecule has 0 aliphatic heterocycles. The third kappa shape index (κ3) is 3.67. The van der Waals surface area contributed by atoms with Gasteiger partial charge in [0, 0.05) is 11.3 Å². The van der Waals surface area contributed by atoms with E-state index in [-0.39, 0.29) is 0 Å². The fraction of sp³-hybridized carbons (Fsp3) is 0.100. The number of furan rings is 1. The van der Waals surface area contributed by atoms with E-state index in [0.717, 1.165) is 28.1 Å². The molecule has 0 unspecified atom stereocenters. The molecule has 2 heterocycles. The number of nitrogens with zero attached hydrogens (tertiary/aromatic N) is 3. The fourth-order valence-corrected chi connectivity index (χ4v) is 3.51. The van der Waals surface area contributed by atoms with Crippen molar-refractivity contribution in [2.75, 3.05) is 0 Å². The number of hydrogen-bond acceptors (Lipinski definition) is 4. The molecule has 5 heteroatoms. The van der Waals surface area contributed by atoms with Gasteiger partial charge in [-0.3, -0.25) is 4.57 Å². The van der Waals surface area contributed by atoms with Gasteiger partial charge in [0.1, 0.15) is 5.76 Å². The Morgan fingerprint density at radius 1 is 0.840 bits per heavy atom. The second-order valence-electron chi connectivity index (χ2n) is 5.61. The molecule has 0 bridgehead atoms. The van der Waals surface area contributed by atoms with Crippen molar-refractivity contribution in [3.63, 3.8) is 0 Å². The van der Waals surface area contributed by atoms with Crippen LogP contribution >= 0.6 is 11.8 Å². The van der Waals surface area contributed by atoms with Gasteiger partial charge in [-0.05, 0) is 17.7 Å². The Labute approximate surface area is 150 Å². The first-order valence-corrected chi connectivity index (χ1v) is 9.06. The van der Waals surface area contributed by atoms with Crippen LogP contribution < -0.4 is 0 Å². The maximum atomic E-state index is 5.53. The maximum Gasteiger partial charge on any atom is 0.192 e. The Morgan fingerprint density at radius 3 is 2.32 bits per heavy atom. The lowest BCUT2D eigenvalue weighted by atomic mass is 10.2. The van der Waals surface area contributed by atoms with Crippen LogP contribution in [0.3, 0.4) is 0 Å². The summed E-state index contributed by atoms with van der Waals surface area (Å²) in [4.78, 5) is 0. The van der Waals surface area contributed by atoms with Gasteiger partial charge in [0.05, 0.1) is 12.8 Å². The maximum absolute atomic E-state index is 5.53. The molecule has 0 saturated heterocycles. The molecule has 0 N–H and O–H groups in total. The van der Waals surface area contributed by atoms with Crippen LogP contribution in [-0.2, 0) is 12.3 Å². The van der Waals surface area contributed by atoms with Crippen molar-refractivity contribution in [1.82, 2.24) is 14.8 Å². The van der Waals surface area contributed by atoms with Crippen LogP contribution in [0.1, 0.15) is 11.3 Å². The van der Waals surface area contributed by atoms with E-state index in [4.69, 9.17) is 4.42 Å². The average molecular weight is 347 g/mol. The lowest BCUT2D eigenvalue weighted by Crippen LogP contribution is -2.03. The van der Waals surface area contributed by atoms with E-state index < -0.39 is 0 Å². The van der Waals surface area contributed by atoms with Crippen LogP contribution in [0.4, 0.5) is 0 Å². The number of rotatable bonds is 6. The molecule has 4 aromatic rings. The van der Waals surface area contributed by atoms with Crippen LogP contribution in [0.25, 0.3) is 11.4 Å². The molecule has 2 aromatic carbocycles. The molecular formula is C20H17N3OS. The van der Waals surface area contributed by atoms with E-state index in [1.807, 2.05) is 48.5 Å². The van der Waals surface area contributed by atoms with Gasteiger partial charge in [0.15, 0.2) is 11.0 Å². The van der Waals surface area contributed by atoms with Gasteiger partial charge in [-0.15, -0.1) is 10.2 Å². The number of thioether (sulfide) groups is 1. The first-order chi connectivity index (χ1) is 12.4. The zero-order chi connectivity index (χ0) is 16.9. The van der Waals surface area contributed by atoms with E-state index in [2.05, 4.69) is 39.0 Å². The SMILES string of the molecule is c1ccc(CSc2nnc(-c3ccccc3)n2Cc2ccco2)cc1. The topological polar surface area (TPSA) is 43.9 Å². The van der Waals surface area contributed by atoms with Crippen LogP contribution in [0.15, 0.2) is 88.6 Å². The average Bonchev–Trinajstić information content (AvgIpc) is 3.32. The summed E-state index contributed by atoms with van der Waals surface area (Å²) in [6.07, 6.45) is 1.69. The lowest BCUT2D eigenvalue weighted by molar-refractivity contribution is 0.485. The molecule has 4 rings (SSSR count). The quantitative estimate of drug-likeness (QED) is 0.466. The number of benzene rings is 2. The highest BCUT2D eigenvalue weighted by atomic mass is 32.2. The minimum Gasteiger partial charge on any atom is -0.467 e. The van der Waals surface area contributed by atoms with Gasteiger partial charge in [-0.25, -0.2) is 0 Å². The Balaban J connectivity index is 1.65. The summed E-state index contributed by atoms with van der Waals surface area (Å²) in [5.74, 6) is 2.59. The minimum absolute atomic E-state index is 0.612. The Kier molecular flexibility index (Phi) is 4.65. The van der Waals surface area contributed by atoms with E-state index in [1.54, 1.807) is 18.0 Å². The van der Waals surface area contributed by atoms with Crippen LogP contribution in [0, 0.1) is 0 Å². The normalized spacial score (nSPS) is 10.9. The molecule has 2 aromatic heterocycles.